The van der Waals surface area contributed by atoms with Crippen molar-refractivity contribution in [3.63, 3.8) is 0 Å². The molecule has 3 heteroatoms. The Hall–Kier alpha value is -1.35. The van der Waals surface area contributed by atoms with E-state index in [0.29, 0.717) is 13.1 Å². The molecule has 1 aromatic carbocycles. The van der Waals surface area contributed by atoms with Crippen LogP contribution in [0.4, 0.5) is 0 Å². The van der Waals surface area contributed by atoms with Gasteiger partial charge in [-0.2, -0.15) is 0 Å². The third kappa shape index (κ3) is 4.06. The van der Waals surface area contributed by atoms with Crippen LogP contribution in [0.3, 0.4) is 0 Å². The molecule has 0 aliphatic rings. The Kier molecular flexibility index (Phi) is 4.75. The number of nitrogens with one attached hydrogen (secondary N) is 1. The molecule has 0 fully saturated rings. The van der Waals surface area contributed by atoms with E-state index in [1.807, 2.05) is 13.8 Å². The van der Waals surface area contributed by atoms with Gasteiger partial charge in [0, 0.05) is 18.5 Å². The summed E-state index contributed by atoms with van der Waals surface area (Å²) in [6, 6.07) is 8.40. The standard InChI is InChI=1S/C16H26N2O/c1-12-7-6-8-13(9-12)16(4,5)11-18-14(19)15(2,3)10-17/h6-9H,10-11,17H2,1-5H3,(H,18,19). The molecular formula is C16H26N2O. The maximum atomic E-state index is 12.0. The van der Waals surface area contributed by atoms with Gasteiger partial charge in [-0.3, -0.25) is 4.79 Å². The normalized spacial score (nSPS) is 12.3. The van der Waals surface area contributed by atoms with Gasteiger partial charge < -0.3 is 11.1 Å². The molecule has 0 bridgehead atoms. The van der Waals surface area contributed by atoms with Crippen LogP contribution in [0.15, 0.2) is 24.3 Å². The second kappa shape index (κ2) is 5.74. The Bertz CT molecular complexity index is 450. The van der Waals surface area contributed by atoms with Gasteiger partial charge in [0.05, 0.1) is 5.41 Å². The van der Waals surface area contributed by atoms with Crippen molar-refractivity contribution in [2.24, 2.45) is 11.1 Å². The van der Waals surface area contributed by atoms with Crippen molar-refractivity contribution in [3.8, 4) is 0 Å². The summed E-state index contributed by atoms with van der Waals surface area (Å²) >= 11 is 0. The fourth-order valence-electron chi connectivity index (χ4n) is 1.80. The molecule has 1 aromatic rings. The Labute approximate surface area is 116 Å². The SMILES string of the molecule is Cc1cccc(C(C)(C)CNC(=O)C(C)(C)CN)c1. The summed E-state index contributed by atoms with van der Waals surface area (Å²) in [5.41, 5.74) is 7.48. The lowest BCUT2D eigenvalue weighted by Crippen LogP contribution is -2.45. The highest BCUT2D eigenvalue weighted by Gasteiger charge is 2.28. The molecule has 0 radical (unpaired) electrons. The van der Waals surface area contributed by atoms with Crippen LogP contribution in [0.1, 0.15) is 38.8 Å². The van der Waals surface area contributed by atoms with Gasteiger partial charge in [0.15, 0.2) is 0 Å². The summed E-state index contributed by atoms with van der Waals surface area (Å²) in [5.74, 6) is 0.00993. The van der Waals surface area contributed by atoms with Crippen molar-refractivity contribution in [2.45, 2.75) is 40.0 Å². The minimum Gasteiger partial charge on any atom is -0.355 e. The van der Waals surface area contributed by atoms with Gasteiger partial charge in [0.1, 0.15) is 0 Å². The largest absolute Gasteiger partial charge is 0.355 e. The molecule has 19 heavy (non-hydrogen) atoms. The Morgan fingerprint density at radius 1 is 1.26 bits per heavy atom. The number of benzene rings is 1. The number of rotatable bonds is 5. The van der Waals surface area contributed by atoms with E-state index in [-0.39, 0.29) is 11.3 Å². The van der Waals surface area contributed by atoms with Crippen LogP contribution < -0.4 is 11.1 Å². The lowest BCUT2D eigenvalue weighted by molar-refractivity contribution is -0.129. The lowest BCUT2D eigenvalue weighted by atomic mass is 9.83. The molecule has 0 saturated carbocycles. The monoisotopic (exact) mass is 262 g/mol. The maximum Gasteiger partial charge on any atom is 0.226 e. The third-order valence-corrected chi connectivity index (χ3v) is 3.62. The summed E-state index contributed by atoms with van der Waals surface area (Å²) < 4.78 is 0. The molecule has 0 aliphatic carbocycles. The van der Waals surface area contributed by atoms with Gasteiger partial charge in [-0.25, -0.2) is 0 Å². The first-order valence-corrected chi connectivity index (χ1v) is 6.74. The first-order valence-electron chi connectivity index (χ1n) is 6.74. The number of hydrogen-bond donors (Lipinski definition) is 2. The average molecular weight is 262 g/mol. The van der Waals surface area contributed by atoms with Crippen molar-refractivity contribution in [2.75, 3.05) is 13.1 Å². The van der Waals surface area contributed by atoms with E-state index in [1.54, 1.807) is 0 Å². The number of nitrogens with two attached hydrogens (primary N) is 1. The van der Waals surface area contributed by atoms with Gasteiger partial charge in [-0.05, 0) is 26.3 Å². The minimum atomic E-state index is -0.511. The van der Waals surface area contributed by atoms with Crippen molar-refractivity contribution in [1.29, 1.82) is 0 Å². The predicted molar refractivity (Wildman–Crippen MR) is 80.1 cm³/mol. The lowest BCUT2D eigenvalue weighted by Gasteiger charge is -2.29. The predicted octanol–water partition coefficient (Wildman–Crippen LogP) is 2.37. The second-order valence-corrected chi connectivity index (χ2v) is 6.52. The maximum absolute atomic E-state index is 12.0. The smallest absolute Gasteiger partial charge is 0.226 e. The fraction of sp³-hybridized carbons (Fsp3) is 0.562. The number of amides is 1. The zero-order chi connectivity index (χ0) is 14.7. The topological polar surface area (TPSA) is 55.1 Å². The van der Waals surface area contributed by atoms with Crippen LogP contribution >= 0.6 is 0 Å². The first-order chi connectivity index (χ1) is 8.69. The summed E-state index contributed by atoms with van der Waals surface area (Å²) in [6.07, 6.45) is 0. The van der Waals surface area contributed by atoms with Crippen molar-refractivity contribution in [3.05, 3.63) is 35.4 Å². The van der Waals surface area contributed by atoms with Gasteiger partial charge >= 0.3 is 0 Å². The highest BCUT2D eigenvalue weighted by Crippen LogP contribution is 2.23. The molecule has 3 nitrogen and oxygen atoms in total. The molecule has 0 unspecified atom stereocenters. The van der Waals surface area contributed by atoms with E-state index in [0.717, 1.165) is 0 Å². The van der Waals surface area contributed by atoms with E-state index < -0.39 is 5.41 Å². The molecule has 1 rings (SSSR count). The molecule has 0 aliphatic heterocycles. The zero-order valence-corrected chi connectivity index (χ0v) is 12.7. The van der Waals surface area contributed by atoms with Gasteiger partial charge in [0.2, 0.25) is 5.91 Å². The molecule has 1 amide bonds. The summed E-state index contributed by atoms with van der Waals surface area (Å²) in [7, 11) is 0. The molecule has 0 heterocycles. The summed E-state index contributed by atoms with van der Waals surface area (Å²) in [6.45, 7) is 11.0. The third-order valence-electron chi connectivity index (χ3n) is 3.62. The van der Waals surface area contributed by atoms with Gasteiger partial charge in [-0.15, -0.1) is 0 Å². The zero-order valence-electron chi connectivity index (χ0n) is 12.7. The highest BCUT2D eigenvalue weighted by atomic mass is 16.2. The highest BCUT2D eigenvalue weighted by molar-refractivity contribution is 5.82. The molecule has 0 spiro atoms. The van der Waals surface area contributed by atoms with Crippen LogP contribution in [-0.2, 0) is 10.2 Å². The quantitative estimate of drug-likeness (QED) is 0.856. The molecule has 3 N–H and O–H groups in total. The van der Waals surface area contributed by atoms with Crippen molar-refractivity contribution in [1.82, 2.24) is 5.32 Å². The van der Waals surface area contributed by atoms with Crippen molar-refractivity contribution < 1.29 is 4.79 Å². The Balaban J connectivity index is 2.73. The molecule has 0 atom stereocenters. The molecule has 0 aromatic heterocycles. The van der Waals surface area contributed by atoms with Crippen LogP contribution in [-0.4, -0.2) is 19.0 Å². The van der Waals surface area contributed by atoms with E-state index in [2.05, 4.69) is 50.4 Å². The van der Waals surface area contributed by atoms with Crippen molar-refractivity contribution >= 4 is 5.91 Å². The Morgan fingerprint density at radius 3 is 2.42 bits per heavy atom. The van der Waals surface area contributed by atoms with Crippen LogP contribution in [0, 0.1) is 12.3 Å². The van der Waals surface area contributed by atoms with Gasteiger partial charge in [-0.1, -0.05) is 43.7 Å². The molecule has 106 valence electrons. The minimum absolute atomic E-state index is 0.00993. The van der Waals surface area contributed by atoms with E-state index in [1.165, 1.54) is 11.1 Å². The summed E-state index contributed by atoms with van der Waals surface area (Å²) in [4.78, 5) is 12.0. The first kappa shape index (κ1) is 15.7. The number of carbonyl (C=O) groups is 1. The fourth-order valence-corrected chi connectivity index (χ4v) is 1.80. The number of carbonyl (C=O) groups excluding carboxylic acids is 1. The van der Waals surface area contributed by atoms with E-state index >= 15 is 0 Å². The van der Waals surface area contributed by atoms with Gasteiger partial charge in [0.25, 0.3) is 0 Å². The second-order valence-electron chi connectivity index (χ2n) is 6.52. The van der Waals surface area contributed by atoms with Crippen LogP contribution in [0.5, 0.6) is 0 Å². The molecular weight excluding hydrogens is 236 g/mol. The Morgan fingerprint density at radius 2 is 1.89 bits per heavy atom. The molecule has 0 saturated heterocycles. The van der Waals surface area contributed by atoms with E-state index in [9.17, 15) is 4.79 Å². The van der Waals surface area contributed by atoms with Crippen LogP contribution in [0.2, 0.25) is 0 Å². The van der Waals surface area contributed by atoms with Crippen LogP contribution in [0.25, 0.3) is 0 Å². The number of hydrogen-bond acceptors (Lipinski definition) is 2. The number of aryl methyl sites for hydroxylation is 1. The summed E-state index contributed by atoms with van der Waals surface area (Å²) in [5, 5.41) is 3.01. The average Bonchev–Trinajstić information content (AvgIpc) is 2.36. The van der Waals surface area contributed by atoms with E-state index in [4.69, 9.17) is 5.73 Å².